The number of ether oxygens (including phenoxy) is 2. The number of methoxy groups -OCH3 is 2. The number of benzene rings is 1. The molecule has 0 aromatic heterocycles. The Hall–Kier alpha value is -1.51. The number of aliphatic imine (C=N–C) groups is 1. The number of nitrogens with zero attached hydrogens (tertiary/aromatic N) is 2. The third kappa shape index (κ3) is 5.25. The summed E-state index contributed by atoms with van der Waals surface area (Å²) in [7, 11) is 2.87. The minimum Gasteiger partial charge on any atom is -0.496 e. The minimum absolute atomic E-state index is 0. The van der Waals surface area contributed by atoms with Gasteiger partial charge in [0.1, 0.15) is 11.3 Å². The Morgan fingerprint density at radius 2 is 2.00 bits per heavy atom. The molecule has 1 aliphatic heterocycles. The fraction of sp³-hybridized carbons (Fsp3) is 0.529. The van der Waals surface area contributed by atoms with Gasteiger partial charge in [0, 0.05) is 13.1 Å². The first-order chi connectivity index (χ1) is 11.0. The summed E-state index contributed by atoms with van der Waals surface area (Å²) in [5.74, 6) is 1.38. The largest absolute Gasteiger partial charge is 0.496 e. The molecule has 1 fully saturated rings. The summed E-state index contributed by atoms with van der Waals surface area (Å²) < 4.78 is 9.96. The SMILES string of the molecule is COC(=O)c1cc(CN=C(N)N2CCC(C)CC2)ccc1OC.I. The molecule has 6 nitrogen and oxygen atoms in total. The number of hydrogen-bond acceptors (Lipinski definition) is 4. The highest BCUT2D eigenvalue weighted by Crippen LogP contribution is 2.21. The molecule has 0 bridgehead atoms. The van der Waals surface area contributed by atoms with Crippen LogP contribution in [0.5, 0.6) is 5.75 Å². The fourth-order valence-corrected chi connectivity index (χ4v) is 2.63. The first-order valence-corrected chi connectivity index (χ1v) is 7.85. The maximum atomic E-state index is 11.8. The average Bonchev–Trinajstić information content (AvgIpc) is 2.59. The summed E-state index contributed by atoms with van der Waals surface area (Å²) >= 11 is 0. The summed E-state index contributed by atoms with van der Waals surface area (Å²) in [4.78, 5) is 18.4. The summed E-state index contributed by atoms with van der Waals surface area (Å²) in [5.41, 5.74) is 7.37. The highest BCUT2D eigenvalue weighted by molar-refractivity contribution is 14.0. The Balaban J connectivity index is 0.00000288. The first-order valence-electron chi connectivity index (χ1n) is 7.85. The summed E-state index contributed by atoms with van der Waals surface area (Å²) in [5, 5.41) is 0. The fourth-order valence-electron chi connectivity index (χ4n) is 2.63. The van der Waals surface area contributed by atoms with Crippen molar-refractivity contribution in [3.8, 4) is 5.75 Å². The standard InChI is InChI=1S/C17H25N3O3.HI/c1-12-6-8-20(9-7-12)17(18)19-11-13-4-5-15(22-2)14(10-13)16(21)23-3;/h4-5,10,12H,6-9,11H2,1-3H3,(H2,18,19);1H. The van der Waals surface area contributed by atoms with E-state index in [9.17, 15) is 4.79 Å². The van der Waals surface area contributed by atoms with Crippen LogP contribution in [0, 0.1) is 5.92 Å². The van der Waals surface area contributed by atoms with Gasteiger partial charge in [0.2, 0.25) is 0 Å². The molecule has 0 aliphatic carbocycles. The molecule has 7 heteroatoms. The molecule has 1 aromatic carbocycles. The molecule has 2 N–H and O–H groups in total. The van der Waals surface area contributed by atoms with E-state index in [1.807, 2.05) is 6.07 Å². The van der Waals surface area contributed by atoms with Crippen molar-refractivity contribution in [2.24, 2.45) is 16.6 Å². The van der Waals surface area contributed by atoms with Crippen molar-refractivity contribution in [1.29, 1.82) is 0 Å². The van der Waals surface area contributed by atoms with Crippen molar-refractivity contribution >= 4 is 35.9 Å². The normalized spacial score (nSPS) is 15.6. The van der Waals surface area contributed by atoms with Crippen LogP contribution in [0.4, 0.5) is 0 Å². The number of likely N-dealkylation sites (tertiary alicyclic amines) is 1. The molecule has 1 aliphatic rings. The average molecular weight is 447 g/mol. The topological polar surface area (TPSA) is 77.1 Å². The molecule has 134 valence electrons. The summed E-state index contributed by atoms with van der Waals surface area (Å²) in [6.45, 7) is 4.58. The maximum absolute atomic E-state index is 11.8. The molecule has 1 aromatic rings. The Labute approximate surface area is 160 Å². The van der Waals surface area contributed by atoms with E-state index in [1.54, 1.807) is 12.1 Å². The van der Waals surface area contributed by atoms with E-state index in [2.05, 4.69) is 16.8 Å². The molecule has 0 atom stereocenters. The number of carbonyl (C=O) groups excluding carboxylic acids is 1. The van der Waals surface area contributed by atoms with Crippen LogP contribution >= 0.6 is 24.0 Å². The number of piperidine rings is 1. The van der Waals surface area contributed by atoms with E-state index in [0.717, 1.165) is 37.4 Å². The predicted molar refractivity (Wildman–Crippen MR) is 105 cm³/mol. The van der Waals surface area contributed by atoms with Crippen LogP contribution in [0.25, 0.3) is 0 Å². The Morgan fingerprint density at radius 3 is 2.58 bits per heavy atom. The molecular formula is C17H26IN3O3. The van der Waals surface area contributed by atoms with Crippen LogP contribution in [0.3, 0.4) is 0 Å². The van der Waals surface area contributed by atoms with Crippen LogP contribution in [0.1, 0.15) is 35.7 Å². The van der Waals surface area contributed by atoms with E-state index in [4.69, 9.17) is 15.2 Å². The van der Waals surface area contributed by atoms with E-state index >= 15 is 0 Å². The number of esters is 1. The van der Waals surface area contributed by atoms with Gasteiger partial charge >= 0.3 is 5.97 Å². The van der Waals surface area contributed by atoms with Crippen LogP contribution in [-0.4, -0.2) is 44.1 Å². The van der Waals surface area contributed by atoms with E-state index < -0.39 is 5.97 Å². The lowest BCUT2D eigenvalue weighted by Crippen LogP contribution is -2.42. The van der Waals surface area contributed by atoms with Crippen molar-refractivity contribution in [2.75, 3.05) is 27.3 Å². The molecular weight excluding hydrogens is 421 g/mol. The number of carbonyl (C=O) groups is 1. The lowest BCUT2D eigenvalue weighted by molar-refractivity contribution is 0.0597. The van der Waals surface area contributed by atoms with Crippen molar-refractivity contribution in [3.63, 3.8) is 0 Å². The van der Waals surface area contributed by atoms with Crippen LogP contribution in [0.15, 0.2) is 23.2 Å². The minimum atomic E-state index is -0.425. The number of guanidine groups is 1. The molecule has 0 saturated carbocycles. The zero-order valence-corrected chi connectivity index (χ0v) is 16.8. The molecule has 0 radical (unpaired) electrons. The molecule has 0 spiro atoms. The second-order valence-electron chi connectivity index (χ2n) is 5.87. The smallest absolute Gasteiger partial charge is 0.341 e. The van der Waals surface area contributed by atoms with Crippen LogP contribution in [-0.2, 0) is 11.3 Å². The Morgan fingerprint density at radius 1 is 1.33 bits per heavy atom. The zero-order valence-electron chi connectivity index (χ0n) is 14.4. The predicted octanol–water partition coefficient (Wildman–Crippen LogP) is 2.65. The van der Waals surface area contributed by atoms with Gasteiger partial charge in [-0.3, -0.25) is 0 Å². The van der Waals surface area contributed by atoms with Crippen molar-refractivity contribution in [1.82, 2.24) is 4.90 Å². The van der Waals surface area contributed by atoms with Gasteiger partial charge in [-0.15, -0.1) is 24.0 Å². The van der Waals surface area contributed by atoms with Crippen LogP contribution in [0.2, 0.25) is 0 Å². The monoisotopic (exact) mass is 447 g/mol. The van der Waals surface area contributed by atoms with E-state index in [1.165, 1.54) is 14.2 Å². The molecule has 1 heterocycles. The van der Waals surface area contributed by atoms with Crippen molar-refractivity contribution in [2.45, 2.75) is 26.3 Å². The molecule has 1 saturated heterocycles. The highest BCUT2D eigenvalue weighted by atomic mass is 127. The van der Waals surface area contributed by atoms with Gasteiger partial charge in [-0.2, -0.15) is 0 Å². The van der Waals surface area contributed by atoms with Crippen molar-refractivity contribution < 1.29 is 14.3 Å². The molecule has 24 heavy (non-hydrogen) atoms. The quantitative estimate of drug-likeness (QED) is 0.333. The van der Waals surface area contributed by atoms with Gasteiger partial charge in [0.15, 0.2) is 5.96 Å². The second-order valence-corrected chi connectivity index (χ2v) is 5.87. The third-order valence-corrected chi connectivity index (χ3v) is 4.20. The van der Waals surface area contributed by atoms with Crippen molar-refractivity contribution in [3.05, 3.63) is 29.3 Å². The number of halogens is 1. The zero-order chi connectivity index (χ0) is 16.8. The molecule has 0 amide bonds. The second kappa shape index (κ2) is 9.71. The Bertz CT molecular complexity index is 584. The lowest BCUT2D eigenvalue weighted by atomic mass is 10.00. The molecule has 2 rings (SSSR count). The van der Waals surface area contributed by atoms with Crippen LogP contribution < -0.4 is 10.5 Å². The van der Waals surface area contributed by atoms with Gasteiger partial charge in [-0.05, 0) is 36.5 Å². The van der Waals surface area contributed by atoms with E-state index in [-0.39, 0.29) is 24.0 Å². The van der Waals surface area contributed by atoms with Gasteiger partial charge in [-0.25, -0.2) is 9.79 Å². The third-order valence-electron chi connectivity index (χ3n) is 4.20. The summed E-state index contributed by atoms with van der Waals surface area (Å²) in [6.07, 6.45) is 2.29. The highest BCUT2D eigenvalue weighted by Gasteiger charge is 2.17. The van der Waals surface area contributed by atoms with Gasteiger partial charge < -0.3 is 20.1 Å². The van der Waals surface area contributed by atoms with Gasteiger partial charge in [0.05, 0.1) is 20.8 Å². The number of rotatable bonds is 4. The summed E-state index contributed by atoms with van der Waals surface area (Å²) in [6, 6.07) is 5.36. The number of hydrogen-bond donors (Lipinski definition) is 1. The molecule has 0 unspecified atom stereocenters. The lowest BCUT2D eigenvalue weighted by Gasteiger charge is -2.31. The maximum Gasteiger partial charge on any atom is 0.341 e. The van der Waals surface area contributed by atoms with E-state index in [0.29, 0.717) is 23.8 Å². The number of nitrogens with two attached hydrogens (primary N) is 1. The van der Waals surface area contributed by atoms with Gasteiger partial charge in [0.25, 0.3) is 0 Å². The Kier molecular flexibility index (Phi) is 8.30. The first kappa shape index (κ1) is 20.5. The van der Waals surface area contributed by atoms with Gasteiger partial charge in [-0.1, -0.05) is 13.0 Å².